The summed E-state index contributed by atoms with van der Waals surface area (Å²) in [5, 5.41) is 0. The van der Waals surface area contributed by atoms with E-state index in [2.05, 4.69) is 13.8 Å². The molecule has 1 atom stereocenters. The van der Waals surface area contributed by atoms with Crippen molar-refractivity contribution in [3.8, 4) is 5.75 Å². The smallest absolute Gasteiger partial charge is 0.168 e. The molecule has 1 saturated heterocycles. The molecule has 3 heteroatoms. The maximum absolute atomic E-state index is 5.92. The summed E-state index contributed by atoms with van der Waals surface area (Å²) in [5.74, 6) is 0.492. The van der Waals surface area contributed by atoms with E-state index in [0.717, 1.165) is 18.6 Å². The molecule has 0 spiro atoms. The van der Waals surface area contributed by atoms with E-state index in [1.54, 1.807) is 0 Å². The third-order valence-electron chi connectivity index (χ3n) is 3.17. The molecule has 0 radical (unpaired) electrons. The van der Waals surface area contributed by atoms with Crippen molar-refractivity contribution in [1.82, 2.24) is 0 Å². The summed E-state index contributed by atoms with van der Waals surface area (Å²) in [7, 11) is 0. The Morgan fingerprint density at radius 2 is 1.94 bits per heavy atom. The average molecular weight is 236 g/mol. The van der Waals surface area contributed by atoms with Crippen molar-refractivity contribution < 1.29 is 14.2 Å². The standard InChI is InChI=1S/C14H20O3/c1-3-14(4-2)16-11-13(17-14)10-15-12-8-6-5-7-9-12/h5-9,13H,3-4,10-11H2,1-2H3/t13-/m0/s1. The first-order chi connectivity index (χ1) is 8.28. The molecule has 1 heterocycles. The highest BCUT2D eigenvalue weighted by molar-refractivity contribution is 5.20. The predicted octanol–water partition coefficient (Wildman–Crippen LogP) is 3.00. The Bertz CT molecular complexity index is 333. The molecule has 1 aromatic carbocycles. The van der Waals surface area contributed by atoms with Crippen molar-refractivity contribution in [2.75, 3.05) is 13.2 Å². The molecule has 0 bridgehead atoms. The van der Waals surface area contributed by atoms with Crippen LogP contribution < -0.4 is 4.74 Å². The van der Waals surface area contributed by atoms with Crippen LogP contribution in [0.3, 0.4) is 0 Å². The van der Waals surface area contributed by atoms with Crippen LogP contribution in [-0.4, -0.2) is 25.1 Å². The summed E-state index contributed by atoms with van der Waals surface area (Å²) in [6, 6.07) is 9.79. The van der Waals surface area contributed by atoms with Gasteiger partial charge in [-0.05, 0) is 25.0 Å². The highest BCUT2D eigenvalue weighted by atomic mass is 16.7. The van der Waals surface area contributed by atoms with Crippen molar-refractivity contribution in [2.24, 2.45) is 0 Å². The Hall–Kier alpha value is -1.06. The van der Waals surface area contributed by atoms with Crippen LogP contribution in [0.25, 0.3) is 0 Å². The van der Waals surface area contributed by atoms with E-state index >= 15 is 0 Å². The molecule has 0 saturated carbocycles. The molecule has 0 unspecified atom stereocenters. The molecule has 0 amide bonds. The molecule has 1 fully saturated rings. The van der Waals surface area contributed by atoms with E-state index in [1.807, 2.05) is 30.3 Å². The van der Waals surface area contributed by atoms with E-state index in [-0.39, 0.29) is 11.9 Å². The normalized spacial score (nSPS) is 22.6. The van der Waals surface area contributed by atoms with Gasteiger partial charge < -0.3 is 14.2 Å². The van der Waals surface area contributed by atoms with Crippen molar-refractivity contribution in [2.45, 2.75) is 38.6 Å². The fourth-order valence-corrected chi connectivity index (χ4v) is 2.03. The third-order valence-corrected chi connectivity index (χ3v) is 3.17. The van der Waals surface area contributed by atoms with Crippen LogP contribution in [-0.2, 0) is 9.47 Å². The topological polar surface area (TPSA) is 27.7 Å². The van der Waals surface area contributed by atoms with Crippen molar-refractivity contribution in [1.29, 1.82) is 0 Å². The Labute approximate surface area is 103 Å². The summed E-state index contributed by atoms with van der Waals surface area (Å²) in [6.07, 6.45) is 1.80. The molecule has 1 aliphatic heterocycles. The molecule has 0 aliphatic carbocycles. The summed E-state index contributed by atoms with van der Waals surface area (Å²) in [6.45, 7) is 5.34. The molecule has 17 heavy (non-hydrogen) atoms. The highest BCUT2D eigenvalue weighted by Gasteiger charge is 2.38. The number of hydrogen-bond donors (Lipinski definition) is 0. The lowest BCUT2D eigenvalue weighted by Gasteiger charge is -2.24. The minimum absolute atomic E-state index is 0.0371. The predicted molar refractivity (Wildman–Crippen MR) is 66.1 cm³/mol. The Kier molecular flexibility index (Phi) is 4.02. The SMILES string of the molecule is CCC1(CC)OC[C@H](COc2ccccc2)O1. The molecule has 1 aliphatic rings. The van der Waals surface area contributed by atoms with Crippen LogP contribution in [0.5, 0.6) is 5.75 Å². The molecule has 2 rings (SSSR count). The third kappa shape index (κ3) is 2.99. The van der Waals surface area contributed by atoms with Crippen LogP contribution in [0.4, 0.5) is 0 Å². The molecule has 0 aromatic heterocycles. The minimum atomic E-state index is -0.384. The van der Waals surface area contributed by atoms with Crippen molar-refractivity contribution in [3.05, 3.63) is 30.3 Å². The lowest BCUT2D eigenvalue weighted by atomic mass is 10.1. The van der Waals surface area contributed by atoms with E-state index in [4.69, 9.17) is 14.2 Å². The van der Waals surface area contributed by atoms with Gasteiger partial charge in [0.2, 0.25) is 0 Å². The zero-order valence-corrected chi connectivity index (χ0v) is 10.5. The molecular weight excluding hydrogens is 216 g/mol. The highest BCUT2D eigenvalue weighted by Crippen LogP contribution is 2.30. The van der Waals surface area contributed by atoms with Crippen LogP contribution in [0, 0.1) is 0 Å². The van der Waals surface area contributed by atoms with Gasteiger partial charge in [-0.2, -0.15) is 0 Å². The zero-order chi connectivity index (χ0) is 12.1. The maximum atomic E-state index is 5.92. The van der Waals surface area contributed by atoms with Gasteiger partial charge in [0.15, 0.2) is 5.79 Å². The van der Waals surface area contributed by atoms with E-state index in [1.165, 1.54) is 0 Å². The van der Waals surface area contributed by atoms with Gasteiger partial charge in [0.25, 0.3) is 0 Å². The van der Waals surface area contributed by atoms with Gasteiger partial charge >= 0.3 is 0 Å². The van der Waals surface area contributed by atoms with Crippen LogP contribution in [0.2, 0.25) is 0 Å². The summed E-state index contributed by atoms with van der Waals surface area (Å²) in [5.41, 5.74) is 0. The van der Waals surface area contributed by atoms with Crippen molar-refractivity contribution in [3.63, 3.8) is 0 Å². The van der Waals surface area contributed by atoms with Crippen LogP contribution in [0.15, 0.2) is 30.3 Å². The molecule has 3 nitrogen and oxygen atoms in total. The second-order valence-corrected chi connectivity index (χ2v) is 4.29. The first-order valence-corrected chi connectivity index (χ1v) is 6.27. The molecule has 0 N–H and O–H groups in total. The second kappa shape index (κ2) is 5.52. The van der Waals surface area contributed by atoms with Crippen molar-refractivity contribution >= 4 is 0 Å². The van der Waals surface area contributed by atoms with Gasteiger partial charge in [-0.3, -0.25) is 0 Å². The number of hydrogen-bond acceptors (Lipinski definition) is 3. The van der Waals surface area contributed by atoms with Gasteiger partial charge in [-0.25, -0.2) is 0 Å². The first-order valence-electron chi connectivity index (χ1n) is 6.27. The van der Waals surface area contributed by atoms with Gasteiger partial charge in [-0.1, -0.05) is 32.0 Å². The number of rotatable bonds is 5. The molecular formula is C14H20O3. The number of para-hydroxylation sites is 1. The monoisotopic (exact) mass is 236 g/mol. The Balaban J connectivity index is 1.82. The minimum Gasteiger partial charge on any atom is -0.491 e. The van der Waals surface area contributed by atoms with Crippen LogP contribution >= 0.6 is 0 Å². The number of benzene rings is 1. The maximum Gasteiger partial charge on any atom is 0.168 e. The number of ether oxygens (including phenoxy) is 3. The van der Waals surface area contributed by atoms with E-state index in [9.17, 15) is 0 Å². The largest absolute Gasteiger partial charge is 0.491 e. The fourth-order valence-electron chi connectivity index (χ4n) is 2.03. The first kappa shape index (κ1) is 12.4. The second-order valence-electron chi connectivity index (χ2n) is 4.29. The Morgan fingerprint density at radius 3 is 2.53 bits per heavy atom. The average Bonchev–Trinajstić information content (AvgIpc) is 2.82. The van der Waals surface area contributed by atoms with Gasteiger partial charge in [0.05, 0.1) is 6.61 Å². The lowest BCUT2D eigenvalue weighted by Crippen LogP contribution is -2.30. The molecule has 1 aromatic rings. The van der Waals surface area contributed by atoms with Gasteiger partial charge in [0, 0.05) is 0 Å². The summed E-state index contributed by atoms with van der Waals surface area (Å²) >= 11 is 0. The van der Waals surface area contributed by atoms with E-state index in [0.29, 0.717) is 13.2 Å². The van der Waals surface area contributed by atoms with E-state index < -0.39 is 0 Å². The zero-order valence-electron chi connectivity index (χ0n) is 10.5. The van der Waals surface area contributed by atoms with Gasteiger partial charge in [0.1, 0.15) is 18.5 Å². The quantitative estimate of drug-likeness (QED) is 0.786. The summed E-state index contributed by atoms with van der Waals surface area (Å²) in [4.78, 5) is 0. The lowest BCUT2D eigenvalue weighted by molar-refractivity contribution is -0.174. The van der Waals surface area contributed by atoms with Gasteiger partial charge in [-0.15, -0.1) is 0 Å². The fraction of sp³-hybridized carbons (Fsp3) is 0.571. The summed E-state index contributed by atoms with van der Waals surface area (Å²) < 4.78 is 17.3. The molecule has 94 valence electrons. The van der Waals surface area contributed by atoms with Crippen LogP contribution in [0.1, 0.15) is 26.7 Å². The Morgan fingerprint density at radius 1 is 1.24 bits per heavy atom.